The Hall–Kier alpha value is -0.870. The molecule has 4 nitrogen and oxygen atoms in total. The highest BCUT2D eigenvalue weighted by atomic mass is 16.5. The van der Waals surface area contributed by atoms with Gasteiger partial charge in [-0.05, 0) is 19.5 Å². The molecule has 0 saturated carbocycles. The maximum absolute atomic E-state index is 9.80. The van der Waals surface area contributed by atoms with Crippen molar-refractivity contribution in [2.75, 3.05) is 26.8 Å². The summed E-state index contributed by atoms with van der Waals surface area (Å²) in [7, 11) is 2.03. The lowest BCUT2D eigenvalue weighted by Crippen LogP contribution is -2.31. The second kappa shape index (κ2) is 5.72. The zero-order valence-corrected chi connectivity index (χ0v) is 7.81. The minimum absolute atomic E-state index is 0.412. The molecule has 0 aromatic heterocycles. The normalized spacial score (nSPS) is 22.8. The second-order valence-corrected chi connectivity index (χ2v) is 3.06. The number of carbonyl (C=O) groups excluding carboxylic acids is 1. The van der Waals surface area contributed by atoms with E-state index in [1.807, 2.05) is 13.1 Å². The van der Waals surface area contributed by atoms with Crippen molar-refractivity contribution in [1.82, 2.24) is 4.90 Å². The average Bonchev–Trinajstić information content (AvgIpc) is 2.65. The average molecular weight is 185 g/mol. The van der Waals surface area contributed by atoms with Gasteiger partial charge in [-0.15, -0.1) is 0 Å². The standard InChI is InChI=1S/C9H15NO3/c1-10(4-2-5-13-8-11)9-3-6-12-7-9/h2,5,8-9H,3-4,6-7H2,1H3/b5-2+/t9-/m1/s1. The van der Waals surface area contributed by atoms with Gasteiger partial charge in [0, 0.05) is 19.2 Å². The van der Waals surface area contributed by atoms with Crippen molar-refractivity contribution in [2.24, 2.45) is 0 Å². The van der Waals surface area contributed by atoms with Gasteiger partial charge in [0.2, 0.25) is 0 Å². The van der Waals surface area contributed by atoms with Gasteiger partial charge >= 0.3 is 0 Å². The molecule has 0 aromatic rings. The number of likely N-dealkylation sites (N-methyl/N-ethyl adjacent to an activating group) is 1. The number of nitrogens with zero attached hydrogens (tertiary/aromatic N) is 1. The van der Waals surface area contributed by atoms with Gasteiger partial charge in [-0.2, -0.15) is 0 Å². The first-order valence-corrected chi connectivity index (χ1v) is 4.36. The minimum atomic E-state index is 0.412. The van der Waals surface area contributed by atoms with Crippen molar-refractivity contribution in [1.29, 1.82) is 0 Å². The van der Waals surface area contributed by atoms with Crippen molar-refractivity contribution in [3.8, 4) is 0 Å². The number of ether oxygens (including phenoxy) is 2. The lowest BCUT2D eigenvalue weighted by atomic mass is 10.2. The summed E-state index contributed by atoms with van der Waals surface area (Å²) >= 11 is 0. The molecule has 0 aliphatic carbocycles. The molecule has 0 spiro atoms. The summed E-state index contributed by atoms with van der Waals surface area (Å²) in [5.41, 5.74) is 0. The molecule has 1 rings (SSSR count). The Labute approximate surface area is 78.1 Å². The van der Waals surface area contributed by atoms with E-state index in [1.165, 1.54) is 6.26 Å². The van der Waals surface area contributed by atoms with Crippen molar-refractivity contribution < 1.29 is 14.3 Å². The van der Waals surface area contributed by atoms with Gasteiger partial charge in [0.15, 0.2) is 0 Å². The van der Waals surface area contributed by atoms with Gasteiger partial charge < -0.3 is 9.47 Å². The summed E-state index contributed by atoms with van der Waals surface area (Å²) in [4.78, 5) is 12.0. The van der Waals surface area contributed by atoms with Crippen LogP contribution < -0.4 is 0 Å². The molecule has 0 N–H and O–H groups in total. The van der Waals surface area contributed by atoms with Gasteiger partial charge in [0.05, 0.1) is 12.9 Å². The van der Waals surface area contributed by atoms with E-state index in [-0.39, 0.29) is 0 Å². The Bertz CT molecular complexity index is 176. The Morgan fingerprint density at radius 1 is 1.69 bits per heavy atom. The predicted molar refractivity (Wildman–Crippen MR) is 48.1 cm³/mol. The third kappa shape index (κ3) is 3.57. The molecule has 74 valence electrons. The van der Waals surface area contributed by atoms with Gasteiger partial charge in [-0.25, -0.2) is 0 Å². The molecule has 1 aliphatic rings. The largest absolute Gasteiger partial charge is 0.437 e. The molecule has 1 aliphatic heterocycles. The quantitative estimate of drug-likeness (QED) is 0.459. The van der Waals surface area contributed by atoms with Crippen molar-refractivity contribution in [3.63, 3.8) is 0 Å². The van der Waals surface area contributed by atoms with Crippen LogP contribution in [0.3, 0.4) is 0 Å². The molecule has 1 atom stereocenters. The number of rotatable bonds is 5. The van der Waals surface area contributed by atoms with Crippen LogP contribution in [0.4, 0.5) is 0 Å². The molecule has 0 radical (unpaired) electrons. The fourth-order valence-corrected chi connectivity index (χ4v) is 1.32. The molecular formula is C9H15NO3. The lowest BCUT2D eigenvalue weighted by Gasteiger charge is -2.20. The maximum Gasteiger partial charge on any atom is 0.297 e. The summed E-state index contributed by atoms with van der Waals surface area (Å²) < 4.78 is 9.68. The van der Waals surface area contributed by atoms with E-state index < -0.39 is 0 Å². The number of hydrogen-bond acceptors (Lipinski definition) is 4. The van der Waals surface area contributed by atoms with Crippen LogP contribution in [-0.2, 0) is 14.3 Å². The highest BCUT2D eigenvalue weighted by molar-refractivity contribution is 5.38. The van der Waals surface area contributed by atoms with Crippen molar-refractivity contribution in [3.05, 3.63) is 12.3 Å². The fraction of sp³-hybridized carbons (Fsp3) is 0.667. The van der Waals surface area contributed by atoms with Crippen LogP contribution in [0.15, 0.2) is 12.3 Å². The SMILES string of the molecule is CN(C/C=C/OC=O)[C@@H]1CCOC1. The summed E-state index contributed by atoms with van der Waals surface area (Å²) in [6, 6.07) is 0.501. The van der Waals surface area contributed by atoms with Crippen LogP contribution in [-0.4, -0.2) is 44.2 Å². The summed E-state index contributed by atoms with van der Waals surface area (Å²) in [5, 5.41) is 0. The lowest BCUT2D eigenvalue weighted by molar-refractivity contribution is -0.123. The van der Waals surface area contributed by atoms with Crippen LogP contribution >= 0.6 is 0 Å². The smallest absolute Gasteiger partial charge is 0.297 e. The molecule has 0 unspecified atom stereocenters. The first kappa shape index (κ1) is 10.2. The molecule has 1 heterocycles. The number of carbonyl (C=O) groups is 1. The minimum Gasteiger partial charge on any atom is -0.437 e. The summed E-state index contributed by atoms with van der Waals surface area (Å²) in [6.07, 6.45) is 4.30. The van der Waals surface area contributed by atoms with Crippen LogP contribution in [0, 0.1) is 0 Å². The first-order chi connectivity index (χ1) is 6.34. The predicted octanol–water partition coefficient (Wildman–Crippen LogP) is 0.394. The van der Waals surface area contributed by atoms with Crippen LogP contribution in [0.25, 0.3) is 0 Å². The van der Waals surface area contributed by atoms with Crippen molar-refractivity contribution >= 4 is 6.47 Å². The molecule has 1 fully saturated rings. The van der Waals surface area contributed by atoms with Gasteiger partial charge in [0.1, 0.15) is 0 Å². The van der Waals surface area contributed by atoms with Gasteiger partial charge in [0.25, 0.3) is 6.47 Å². The Kier molecular flexibility index (Phi) is 4.49. The third-order valence-electron chi connectivity index (χ3n) is 2.15. The highest BCUT2D eigenvalue weighted by Gasteiger charge is 2.18. The van der Waals surface area contributed by atoms with Gasteiger partial charge in [-0.3, -0.25) is 9.69 Å². The molecule has 13 heavy (non-hydrogen) atoms. The van der Waals surface area contributed by atoms with E-state index in [4.69, 9.17) is 4.74 Å². The Balaban J connectivity index is 2.15. The van der Waals surface area contributed by atoms with E-state index in [1.54, 1.807) is 0 Å². The Morgan fingerprint density at radius 2 is 2.54 bits per heavy atom. The van der Waals surface area contributed by atoms with Crippen LogP contribution in [0.2, 0.25) is 0 Å². The third-order valence-corrected chi connectivity index (χ3v) is 2.15. The zero-order valence-electron chi connectivity index (χ0n) is 7.81. The highest BCUT2D eigenvalue weighted by Crippen LogP contribution is 2.09. The zero-order chi connectivity index (χ0) is 9.52. The Morgan fingerprint density at radius 3 is 3.15 bits per heavy atom. The van der Waals surface area contributed by atoms with Crippen LogP contribution in [0.5, 0.6) is 0 Å². The first-order valence-electron chi connectivity index (χ1n) is 4.36. The van der Waals surface area contributed by atoms with Crippen LogP contribution in [0.1, 0.15) is 6.42 Å². The van der Waals surface area contributed by atoms with E-state index in [0.29, 0.717) is 12.5 Å². The second-order valence-electron chi connectivity index (χ2n) is 3.06. The molecule has 1 saturated heterocycles. The molecular weight excluding hydrogens is 170 g/mol. The molecule has 0 amide bonds. The van der Waals surface area contributed by atoms with E-state index in [2.05, 4.69) is 9.64 Å². The maximum atomic E-state index is 9.80. The summed E-state index contributed by atoms with van der Waals surface area (Å²) in [5.74, 6) is 0. The van der Waals surface area contributed by atoms with E-state index in [0.717, 1.165) is 26.2 Å². The molecule has 4 heteroatoms. The van der Waals surface area contributed by atoms with E-state index >= 15 is 0 Å². The fourth-order valence-electron chi connectivity index (χ4n) is 1.32. The van der Waals surface area contributed by atoms with Crippen molar-refractivity contribution in [2.45, 2.75) is 12.5 Å². The summed E-state index contributed by atoms with van der Waals surface area (Å²) in [6.45, 7) is 2.85. The van der Waals surface area contributed by atoms with E-state index in [9.17, 15) is 4.79 Å². The topological polar surface area (TPSA) is 38.8 Å². The number of hydrogen-bond donors (Lipinski definition) is 0. The monoisotopic (exact) mass is 185 g/mol. The molecule has 0 aromatic carbocycles. The van der Waals surface area contributed by atoms with Gasteiger partial charge in [-0.1, -0.05) is 0 Å². The molecule has 0 bridgehead atoms.